The number of sulfone groups is 1. The van der Waals surface area contributed by atoms with E-state index in [0.29, 0.717) is 11.4 Å². The first-order chi connectivity index (χ1) is 17.1. The normalized spacial score (nSPS) is 11.8. The second-order valence-corrected chi connectivity index (χ2v) is 11.6. The van der Waals surface area contributed by atoms with Gasteiger partial charge in [-0.3, -0.25) is 4.79 Å². The fraction of sp³-hybridized carbons (Fsp3) is 0.111. The molecular formula is C27H23BrN4O3S. The fourth-order valence-corrected chi connectivity index (χ4v) is 5.45. The summed E-state index contributed by atoms with van der Waals surface area (Å²) >= 11 is 3.68. The lowest BCUT2D eigenvalue weighted by Gasteiger charge is -2.09. The lowest BCUT2D eigenvalue weighted by atomic mass is 10.0. The summed E-state index contributed by atoms with van der Waals surface area (Å²) in [4.78, 5) is 11.8. The molecule has 0 fully saturated rings. The van der Waals surface area contributed by atoms with E-state index in [-0.39, 0.29) is 5.69 Å². The lowest BCUT2D eigenvalue weighted by molar-refractivity contribution is 0.0995. The molecule has 2 heterocycles. The van der Waals surface area contributed by atoms with E-state index in [1.807, 2.05) is 49.4 Å². The van der Waals surface area contributed by atoms with E-state index in [4.69, 9.17) is 5.73 Å². The van der Waals surface area contributed by atoms with Crippen molar-refractivity contribution in [3.63, 3.8) is 0 Å². The molecule has 0 aliphatic carbocycles. The van der Waals surface area contributed by atoms with Crippen LogP contribution in [0.5, 0.6) is 0 Å². The summed E-state index contributed by atoms with van der Waals surface area (Å²) < 4.78 is 28.2. The van der Waals surface area contributed by atoms with Crippen molar-refractivity contribution in [2.24, 2.45) is 5.73 Å². The molecule has 0 spiro atoms. The van der Waals surface area contributed by atoms with Crippen molar-refractivity contribution in [3.8, 4) is 16.8 Å². The maximum absolute atomic E-state index is 11.7. The van der Waals surface area contributed by atoms with Gasteiger partial charge in [0.1, 0.15) is 0 Å². The molecule has 0 saturated carbocycles. The molecule has 0 unspecified atom stereocenters. The Morgan fingerprint density at radius 3 is 2.19 bits per heavy atom. The number of halogens is 1. The number of fused-ring (bicyclic) bond motifs is 1. The van der Waals surface area contributed by atoms with Gasteiger partial charge >= 0.3 is 0 Å². The van der Waals surface area contributed by atoms with Gasteiger partial charge in [-0.05, 0) is 75.9 Å². The van der Waals surface area contributed by atoms with Gasteiger partial charge < -0.3 is 10.3 Å². The molecule has 3 aromatic carbocycles. The van der Waals surface area contributed by atoms with Gasteiger partial charge in [-0.25, -0.2) is 13.1 Å². The smallest absolute Gasteiger partial charge is 0.269 e. The number of aromatic nitrogens is 3. The van der Waals surface area contributed by atoms with Gasteiger partial charge in [-0.1, -0.05) is 36.4 Å². The average molecular weight is 563 g/mol. The number of rotatable bonds is 6. The van der Waals surface area contributed by atoms with E-state index < -0.39 is 15.7 Å². The average Bonchev–Trinajstić information content (AvgIpc) is 3.39. The van der Waals surface area contributed by atoms with Gasteiger partial charge in [0.2, 0.25) is 0 Å². The van der Waals surface area contributed by atoms with Crippen LogP contribution < -0.4 is 5.73 Å². The number of hydrogen-bond acceptors (Lipinski definition) is 4. The van der Waals surface area contributed by atoms with E-state index in [9.17, 15) is 13.2 Å². The quantitative estimate of drug-likeness (QED) is 0.310. The number of carbonyl (C=O) groups excluding carboxylic acids is 1. The zero-order valence-electron chi connectivity index (χ0n) is 19.6. The molecule has 5 rings (SSSR count). The Morgan fingerprint density at radius 2 is 1.61 bits per heavy atom. The highest BCUT2D eigenvalue weighted by Crippen LogP contribution is 2.30. The van der Waals surface area contributed by atoms with Crippen molar-refractivity contribution < 1.29 is 13.2 Å². The molecule has 0 bridgehead atoms. The first-order valence-corrected chi connectivity index (χ1v) is 13.8. The summed E-state index contributed by atoms with van der Waals surface area (Å²) in [5.74, 6) is -0.554. The fourth-order valence-electron chi connectivity index (χ4n) is 4.25. The van der Waals surface area contributed by atoms with Crippen LogP contribution in [0, 0.1) is 6.92 Å². The minimum atomic E-state index is -3.21. The maximum atomic E-state index is 11.7. The molecule has 0 aliphatic rings. The zero-order chi connectivity index (χ0) is 25.6. The number of primary amides is 1. The van der Waals surface area contributed by atoms with Gasteiger partial charge in [0, 0.05) is 40.1 Å². The molecule has 36 heavy (non-hydrogen) atoms. The Bertz CT molecular complexity index is 1720. The van der Waals surface area contributed by atoms with E-state index in [0.717, 1.165) is 43.4 Å². The molecule has 9 heteroatoms. The highest BCUT2D eigenvalue weighted by Gasteiger charge is 2.13. The Kier molecular flexibility index (Phi) is 6.05. The third kappa shape index (κ3) is 4.59. The molecule has 0 aliphatic heterocycles. The van der Waals surface area contributed by atoms with Crippen molar-refractivity contribution in [2.45, 2.75) is 18.4 Å². The highest BCUT2D eigenvalue weighted by atomic mass is 79.9. The Morgan fingerprint density at radius 1 is 0.972 bits per heavy atom. The van der Waals surface area contributed by atoms with Gasteiger partial charge in [0.25, 0.3) is 5.91 Å². The number of nitrogens with zero attached hydrogens (tertiary/aromatic N) is 3. The van der Waals surface area contributed by atoms with Gasteiger partial charge in [-0.15, -0.1) is 0 Å². The van der Waals surface area contributed by atoms with Crippen LogP contribution in [0.4, 0.5) is 0 Å². The van der Waals surface area contributed by atoms with Crippen molar-refractivity contribution in [2.75, 3.05) is 6.26 Å². The molecule has 1 amide bonds. The van der Waals surface area contributed by atoms with Crippen LogP contribution in [-0.4, -0.2) is 34.9 Å². The van der Waals surface area contributed by atoms with E-state index >= 15 is 0 Å². The predicted molar refractivity (Wildman–Crippen MR) is 144 cm³/mol. The molecule has 2 aromatic heterocycles. The van der Waals surface area contributed by atoms with Crippen molar-refractivity contribution in [1.29, 1.82) is 0 Å². The highest BCUT2D eigenvalue weighted by molar-refractivity contribution is 9.10. The van der Waals surface area contributed by atoms with Crippen molar-refractivity contribution in [1.82, 2.24) is 14.3 Å². The molecule has 182 valence electrons. The molecular weight excluding hydrogens is 540 g/mol. The zero-order valence-corrected chi connectivity index (χ0v) is 22.0. The van der Waals surface area contributed by atoms with Crippen molar-refractivity contribution >= 4 is 42.6 Å². The minimum Gasteiger partial charge on any atom is -0.364 e. The first-order valence-electron chi connectivity index (χ1n) is 11.1. The summed E-state index contributed by atoms with van der Waals surface area (Å²) in [5, 5.41) is 5.36. The molecule has 0 saturated heterocycles. The summed E-state index contributed by atoms with van der Waals surface area (Å²) in [7, 11) is -3.21. The Balaban J connectivity index is 1.40. The van der Waals surface area contributed by atoms with Crippen LogP contribution >= 0.6 is 15.9 Å². The van der Waals surface area contributed by atoms with E-state index in [2.05, 4.69) is 43.9 Å². The maximum Gasteiger partial charge on any atom is 0.269 e. The largest absolute Gasteiger partial charge is 0.364 e. The number of carbonyl (C=O) groups is 1. The minimum absolute atomic E-state index is 0.235. The number of benzene rings is 3. The number of nitrogens with two attached hydrogens (primary N) is 1. The molecule has 2 N–H and O–H groups in total. The van der Waals surface area contributed by atoms with Crippen LogP contribution in [0.2, 0.25) is 0 Å². The van der Waals surface area contributed by atoms with Crippen LogP contribution in [0.3, 0.4) is 0 Å². The second-order valence-electron chi connectivity index (χ2n) is 8.75. The van der Waals surface area contributed by atoms with Crippen molar-refractivity contribution in [3.05, 3.63) is 100 Å². The number of hydrogen-bond donors (Lipinski definition) is 1. The molecule has 0 atom stereocenters. The van der Waals surface area contributed by atoms with Crippen LogP contribution in [0.25, 0.3) is 27.7 Å². The SMILES string of the molecule is Cc1cc(C(N)=O)nn1-c1ccc2c(c1)c(Br)cn2Cc1ccc(-c2ccc(S(C)(=O)=O)cc2)cc1. The van der Waals surface area contributed by atoms with Crippen LogP contribution in [0.15, 0.2) is 88.4 Å². The summed E-state index contributed by atoms with van der Waals surface area (Å²) in [6.45, 7) is 2.56. The Labute approximate surface area is 217 Å². The monoisotopic (exact) mass is 562 g/mol. The molecule has 5 aromatic rings. The number of aryl methyl sites for hydroxylation is 1. The topological polar surface area (TPSA) is 100.0 Å². The summed E-state index contributed by atoms with van der Waals surface area (Å²) in [6.07, 6.45) is 3.26. The Hall–Kier alpha value is -3.69. The van der Waals surface area contributed by atoms with Crippen LogP contribution in [-0.2, 0) is 16.4 Å². The standard InChI is InChI=1S/C27H23BrN4O3S/c1-17-13-25(27(29)33)30-32(17)21-9-12-26-23(14-21)24(28)16-31(26)15-18-3-5-19(6-4-18)20-7-10-22(11-8-20)36(2,34)35/h3-14,16H,15H2,1-2H3,(H2,29,33). The van der Waals surface area contributed by atoms with Gasteiger partial charge in [0.15, 0.2) is 15.5 Å². The summed E-state index contributed by atoms with van der Waals surface area (Å²) in [5.41, 5.74) is 11.5. The first kappa shape index (κ1) is 24.0. The van der Waals surface area contributed by atoms with Gasteiger partial charge in [0.05, 0.1) is 10.6 Å². The van der Waals surface area contributed by atoms with E-state index in [1.165, 1.54) is 6.26 Å². The van der Waals surface area contributed by atoms with E-state index in [1.54, 1.807) is 22.9 Å². The second kappa shape index (κ2) is 9.07. The third-order valence-corrected chi connectivity index (χ3v) is 7.88. The summed E-state index contributed by atoms with van der Waals surface area (Å²) in [6, 6.07) is 22.9. The van der Waals surface area contributed by atoms with Crippen LogP contribution in [0.1, 0.15) is 21.7 Å². The predicted octanol–water partition coefficient (Wildman–Crippen LogP) is 5.12. The lowest BCUT2D eigenvalue weighted by Crippen LogP contribution is -2.12. The third-order valence-electron chi connectivity index (χ3n) is 6.12. The molecule has 0 radical (unpaired) electrons. The van der Waals surface area contributed by atoms with Gasteiger partial charge in [-0.2, -0.15) is 5.10 Å². The number of amides is 1. The molecule has 7 nitrogen and oxygen atoms in total.